The molecule has 2 heterocycles. The third-order valence-corrected chi connectivity index (χ3v) is 5.64. The summed E-state index contributed by atoms with van der Waals surface area (Å²) in [6, 6.07) is 9.49. The van der Waals surface area contributed by atoms with Gasteiger partial charge in [-0.3, -0.25) is 14.2 Å². The van der Waals surface area contributed by atoms with E-state index in [1.165, 1.54) is 6.08 Å². The second kappa shape index (κ2) is 9.08. The summed E-state index contributed by atoms with van der Waals surface area (Å²) in [5.74, 6) is 0.304. The van der Waals surface area contributed by atoms with Crippen LogP contribution in [0, 0.1) is 10.7 Å². The fourth-order valence-electron chi connectivity index (χ4n) is 3.66. The number of rotatable bonds is 7. The van der Waals surface area contributed by atoms with Gasteiger partial charge in [0.05, 0.1) is 11.3 Å². The van der Waals surface area contributed by atoms with E-state index in [9.17, 15) is 9.59 Å². The summed E-state index contributed by atoms with van der Waals surface area (Å²) in [5, 5.41) is 0. The van der Waals surface area contributed by atoms with E-state index in [2.05, 4.69) is 23.0 Å². The van der Waals surface area contributed by atoms with Crippen molar-refractivity contribution in [2.75, 3.05) is 19.6 Å². The number of hydrogen-bond acceptors (Lipinski definition) is 4. The molecule has 1 aliphatic heterocycles. The first-order valence-electron chi connectivity index (χ1n) is 9.48. The van der Waals surface area contributed by atoms with Crippen LogP contribution < -0.4 is 5.56 Å². The van der Waals surface area contributed by atoms with E-state index < -0.39 is 0 Å². The van der Waals surface area contributed by atoms with Gasteiger partial charge >= 0.3 is 0 Å². The van der Waals surface area contributed by atoms with Gasteiger partial charge in [-0.05, 0) is 44.2 Å². The molecule has 0 unspecified atom stereocenters. The second-order valence-corrected chi connectivity index (χ2v) is 7.36. The van der Waals surface area contributed by atoms with Crippen LogP contribution >= 0.6 is 12.2 Å². The summed E-state index contributed by atoms with van der Waals surface area (Å²) in [7, 11) is 0. The maximum Gasteiger partial charge on any atom is 0.262 e. The number of benzene rings is 1. The Kier molecular flexibility index (Phi) is 6.54. The van der Waals surface area contributed by atoms with Crippen LogP contribution in [0.5, 0.6) is 0 Å². The molecule has 1 saturated heterocycles. The number of H-pyrrole nitrogens is 1. The Morgan fingerprint density at radius 1 is 1.14 bits per heavy atom. The molecule has 0 saturated carbocycles. The van der Waals surface area contributed by atoms with Crippen LogP contribution in [0.1, 0.15) is 34.5 Å². The number of ketones is 1. The van der Waals surface area contributed by atoms with E-state index in [0.717, 1.165) is 31.5 Å². The van der Waals surface area contributed by atoms with Crippen molar-refractivity contribution in [2.24, 2.45) is 5.92 Å². The first-order valence-corrected chi connectivity index (χ1v) is 9.89. The van der Waals surface area contributed by atoms with Gasteiger partial charge in [0.15, 0.2) is 10.6 Å². The van der Waals surface area contributed by atoms with Crippen molar-refractivity contribution in [3.63, 3.8) is 0 Å². The van der Waals surface area contributed by atoms with E-state index >= 15 is 0 Å². The molecule has 1 aliphatic rings. The number of aromatic nitrogens is 2. The van der Waals surface area contributed by atoms with Gasteiger partial charge in [-0.25, -0.2) is 0 Å². The summed E-state index contributed by atoms with van der Waals surface area (Å²) in [6.07, 6.45) is 4.78. The van der Waals surface area contributed by atoms with Crippen LogP contribution in [0.4, 0.5) is 0 Å². The molecule has 0 spiro atoms. The normalized spacial score (nSPS) is 15.3. The molecule has 1 aromatic heterocycles. The molecular weight excluding hydrogens is 370 g/mol. The Labute approximate surface area is 170 Å². The predicted octanol–water partition coefficient (Wildman–Crippen LogP) is 3.79. The third kappa shape index (κ3) is 4.29. The fourth-order valence-corrected chi connectivity index (χ4v) is 3.95. The zero-order chi connectivity index (χ0) is 20.1. The molecular formula is C22H25N3O2S. The molecule has 0 atom stereocenters. The zero-order valence-electron chi connectivity index (χ0n) is 15.9. The number of carbonyl (C=O) groups is 1. The minimum absolute atomic E-state index is 0.0727. The highest BCUT2D eigenvalue weighted by molar-refractivity contribution is 7.71. The number of carbonyl (C=O) groups excluding carboxylic acids is 1. The van der Waals surface area contributed by atoms with E-state index in [0.29, 0.717) is 29.1 Å². The largest absolute Gasteiger partial charge is 0.332 e. The number of nitrogens with one attached hydrogen (secondary N) is 1. The van der Waals surface area contributed by atoms with E-state index in [1.54, 1.807) is 10.6 Å². The minimum Gasteiger partial charge on any atom is -0.332 e. The van der Waals surface area contributed by atoms with Crippen molar-refractivity contribution in [2.45, 2.75) is 19.4 Å². The maximum atomic E-state index is 12.7. The highest BCUT2D eigenvalue weighted by atomic mass is 32.1. The van der Waals surface area contributed by atoms with Crippen molar-refractivity contribution in [3.05, 3.63) is 75.4 Å². The molecule has 146 valence electrons. The lowest BCUT2D eigenvalue weighted by Crippen LogP contribution is -2.39. The first-order chi connectivity index (χ1) is 13.5. The van der Waals surface area contributed by atoms with Crippen molar-refractivity contribution in [1.82, 2.24) is 14.5 Å². The van der Waals surface area contributed by atoms with Gasteiger partial charge < -0.3 is 9.88 Å². The van der Waals surface area contributed by atoms with E-state index in [-0.39, 0.29) is 17.3 Å². The van der Waals surface area contributed by atoms with Crippen molar-refractivity contribution in [1.29, 1.82) is 0 Å². The highest BCUT2D eigenvalue weighted by Gasteiger charge is 2.25. The quantitative estimate of drug-likeness (QED) is 0.572. The maximum absolute atomic E-state index is 12.7. The summed E-state index contributed by atoms with van der Waals surface area (Å²) >= 11 is 5.34. The Morgan fingerprint density at radius 2 is 1.82 bits per heavy atom. The molecule has 6 heteroatoms. The minimum atomic E-state index is -0.150. The number of hydrogen-bond donors (Lipinski definition) is 1. The Balaban J connectivity index is 1.61. The monoisotopic (exact) mass is 395 g/mol. The SMILES string of the molecule is C=Cc1[nH]c(=S)n(CCN2CCC(C(=O)c3ccccc3)CC2)c(=O)c1C=C. The van der Waals surface area contributed by atoms with Crippen LogP contribution in [0.2, 0.25) is 0 Å². The number of aromatic amines is 1. The second-order valence-electron chi connectivity index (χ2n) is 6.97. The highest BCUT2D eigenvalue weighted by Crippen LogP contribution is 2.21. The molecule has 2 aromatic rings. The van der Waals surface area contributed by atoms with Gasteiger partial charge in [0.25, 0.3) is 5.56 Å². The van der Waals surface area contributed by atoms with Crippen LogP contribution in [0.25, 0.3) is 12.2 Å². The van der Waals surface area contributed by atoms with E-state index in [1.807, 2.05) is 30.3 Å². The standard InChI is InChI=1S/C22H25N3O2S/c1-3-18-19(4-2)23-22(28)25(21(18)27)15-14-24-12-10-17(11-13-24)20(26)16-8-6-5-7-9-16/h3-9,17H,1-2,10-15H2,(H,23,28). The van der Waals surface area contributed by atoms with Gasteiger partial charge in [-0.15, -0.1) is 0 Å². The van der Waals surface area contributed by atoms with Crippen LogP contribution in [-0.4, -0.2) is 39.9 Å². The lowest BCUT2D eigenvalue weighted by molar-refractivity contribution is 0.0837. The Hall–Kier alpha value is -2.57. The molecule has 0 amide bonds. The number of nitrogens with zero attached hydrogens (tertiary/aromatic N) is 2. The fraction of sp³-hybridized carbons (Fsp3) is 0.318. The molecule has 5 nitrogen and oxygen atoms in total. The molecule has 3 rings (SSSR count). The molecule has 0 radical (unpaired) electrons. The molecule has 1 N–H and O–H groups in total. The van der Waals surface area contributed by atoms with Gasteiger partial charge in [-0.1, -0.05) is 49.6 Å². The predicted molar refractivity (Wildman–Crippen MR) is 116 cm³/mol. The molecule has 0 bridgehead atoms. The topological polar surface area (TPSA) is 58.1 Å². The van der Waals surface area contributed by atoms with Crippen molar-refractivity contribution in [3.8, 4) is 0 Å². The van der Waals surface area contributed by atoms with Gasteiger partial charge in [0.2, 0.25) is 0 Å². The molecule has 0 aliphatic carbocycles. The number of Topliss-reactive ketones (excluding diaryl/α,β-unsaturated/α-hetero) is 1. The average Bonchev–Trinajstić information content (AvgIpc) is 2.73. The lowest BCUT2D eigenvalue weighted by Gasteiger charge is -2.31. The van der Waals surface area contributed by atoms with Gasteiger partial charge in [0.1, 0.15) is 0 Å². The van der Waals surface area contributed by atoms with Crippen LogP contribution in [0.15, 0.2) is 48.3 Å². The zero-order valence-corrected chi connectivity index (χ0v) is 16.7. The smallest absolute Gasteiger partial charge is 0.262 e. The summed E-state index contributed by atoms with van der Waals surface area (Å²) in [4.78, 5) is 30.6. The summed E-state index contributed by atoms with van der Waals surface area (Å²) < 4.78 is 1.96. The van der Waals surface area contributed by atoms with Crippen molar-refractivity contribution < 1.29 is 4.79 Å². The number of piperidine rings is 1. The van der Waals surface area contributed by atoms with Gasteiger partial charge in [-0.2, -0.15) is 0 Å². The summed E-state index contributed by atoms with van der Waals surface area (Å²) in [6.45, 7) is 10.3. The summed E-state index contributed by atoms with van der Waals surface area (Å²) in [5.41, 5.74) is 1.72. The van der Waals surface area contributed by atoms with Gasteiger partial charge in [0, 0.05) is 24.6 Å². The average molecular weight is 396 g/mol. The van der Waals surface area contributed by atoms with Crippen LogP contribution in [0.3, 0.4) is 0 Å². The Bertz CT molecular complexity index is 983. The molecule has 1 fully saturated rings. The third-order valence-electron chi connectivity index (χ3n) is 5.32. The van der Waals surface area contributed by atoms with Crippen molar-refractivity contribution >= 4 is 30.2 Å². The number of likely N-dealkylation sites (tertiary alicyclic amines) is 1. The van der Waals surface area contributed by atoms with Crippen LogP contribution in [-0.2, 0) is 6.54 Å². The van der Waals surface area contributed by atoms with E-state index in [4.69, 9.17) is 12.2 Å². The lowest BCUT2D eigenvalue weighted by atomic mass is 9.89. The molecule has 28 heavy (non-hydrogen) atoms. The first kappa shape index (κ1) is 20.2. The molecule has 1 aromatic carbocycles. The Morgan fingerprint density at radius 3 is 2.43 bits per heavy atom.